The number of carbonyl (C=O) groups is 1. The van der Waals surface area contributed by atoms with Gasteiger partial charge < -0.3 is 15.0 Å². The number of hydrogen-bond donors (Lipinski definition) is 1. The Morgan fingerprint density at radius 1 is 1.08 bits per heavy atom. The molecule has 0 aromatic heterocycles. The maximum Gasteiger partial charge on any atom is 0.223 e. The van der Waals surface area contributed by atoms with Crippen LogP contribution >= 0.6 is 0 Å². The largest absolute Gasteiger partial charge is 0.493 e. The van der Waals surface area contributed by atoms with Gasteiger partial charge >= 0.3 is 0 Å². The van der Waals surface area contributed by atoms with E-state index in [1.54, 1.807) is 12.1 Å². The van der Waals surface area contributed by atoms with Crippen molar-refractivity contribution >= 4 is 5.91 Å². The van der Waals surface area contributed by atoms with E-state index in [0.29, 0.717) is 30.7 Å². The number of hydrogen-bond acceptors (Lipinski definition) is 3. The molecule has 1 aromatic rings. The first-order chi connectivity index (χ1) is 12.7. The van der Waals surface area contributed by atoms with Gasteiger partial charge in [0.15, 0.2) is 0 Å². The van der Waals surface area contributed by atoms with Crippen molar-refractivity contribution in [3.63, 3.8) is 0 Å². The zero-order valence-electron chi connectivity index (χ0n) is 15.6. The Morgan fingerprint density at radius 3 is 2.58 bits per heavy atom. The average molecular weight is 362 g/mol. The second kappa shape index (κ2) is 9.91. The molecule has 2 aliphatic rings. The van der Waals surface area contributed by atoms with Crippen molar-refractivity contribution in [2.45, 2.75) is 57.4 Å². The van der Waals surface area contributed by atoms with E-state index in [9.17, 15) is 9.18 Å². The minimum atomic E-state index is -0.285. The molecule has 0 bridgehead atoms. The third kappa shape index (κ3) is 5.97. The molecule has 26 heavy (non-hydrogen) atoms. The molecule has 1 saturated carbocycles. The zero-order chi connectivity index (χ0) is 18.2. The SMILES string of the molecule is O=C(CCOc1ccc(F)cc1)N[C@@H]1CCCC[C@H]1CN1CCCCC1. The van der Waals surface area contributed by atoms with Crippen molar-refractivity contribution in [2.75, 3.05) is 26.2 Å². The van der Waals surface area contributed by atoms with Gasteiger partial charge in [-0.3, -0.25) is 4.79 Å². The second-order valence-corrected chi connectivity index (χ2v) is 7.63. The van der Waals surface area contributed by atoms with Gasteiger partial charge in [-0.25, -0.2) is 4.39 Å². The maximum absolute atomic E-state index is 12.9. The van der Waals surface area contributed by atoms with Gasteiger partial charge in [-0.05, 0) is 69.0 Å². The van der Waals surface area contributed by atoms with Crippen molar-refractivity contribution in [1.29, 1.82) is 0 Å². The minimum absolute atomic E-state index is 0.0580. The van der Waals surface area contributed by atoms with Crippen LogP contribution in [0.5, 0.6) is 5.75 Å². The van der Waals surface area contributed by atoms with Gasteiger partial charge in [0.25, 0.3) is 0 Å². The number of rotatable bonds is 7. The highest BCUT2D eigenvalue weighted by molar-refractivity contribution is 5.76. The number of halogens is 1. The number of amides is 1. The van der Waals surface area contributed by atoms with Gasteiger partial charge in [0.2, 0.25) is 5.91 Å². The molecule has 1 heterocycles. The van der Waals surface area contributed by atoms with Crippen LogP contribution in [0.15, 0.2) is 24.3 Å². The number of benzene rings is 1. The van der Waals surface area contributed by atoms with Gasteiger partial charge in [0.05, 0.1) is 13.0 Å². The van der Waals surface area contributed by atoms with Crippen molar-refractivity contribution in [1.82, 2.24) is 10.2 Å². The lowest BCUT2D eigenvalue weighted by molar-refractivity contribution is -0.123. The highest BCUT2D eigenvalue weighted by Crippen LogP contribution is 2.26. The number of ether oxygens (including phenoxy) is 1. The third-order valence-electron chi connectivity index (χ3n) is 5.61. The summed E-state index contributed by atoms with van der Waals surface area (Å²) in [6, 6.07) is 6.20. The van der Waals surface area contributed by atoms with Crippen LogP contribution in [0.3, 0.4) is 0 Å². The summed E-state index contributed by atoms with van der Waals surface area (Å²) in [5.41, 5.74) is 0. The number of nitrogens with zero attached hydrogens (tertiary/aromatic N) is 1. The molecular weight excluding hydrogens is 331 g/mol. The van der Waals surface area contributed by atoms with Gasteiger partial charge in [-0.2, -0.15) is 0 Å². The molecular formula is C21H31FN2O2. The maximum atomic E-state index is 12.9. The van der Waals surface area contributed by atoms with Crippen LogP contribution in [0.4, 0.5) is 4.39 Å². The Hall–Kier alpha value is -1.62. The van der Waals surface area contributed by atoms with Crippen LogP contribution in [0, 0.1) is 11.7 Å². The minimum Gasteiger partial charge on any atom is -0.493 e. The molecule has 1 saturated heterocycles. The predicted molar refractivity (Wildman–Crippen MR) is 101 cm³/mol. The molecule has 0 radical (unpaired) electrons. The Bertz CT molecular complexity index is 558. The van der Waals surface area contributed by atoms with E-state index < -0.39 is 0 Å². The highest BCUT2D eigenvalue weighted by atomic mass is 19.1. The van der Waals surface area contributed by atoms with E-state index in [2.05, 4.69) is 10.2 Å². The van der Waals surface area contributed by atoms with Crippen molar-refractivity contribution in [3.05, 3.63) is 30.1 Å². The fraction of sp³-hybridized carbons (Fsp3) is 0.667. The van der Waals surface area contributed by atoms with Crippen molar-refractivity contribution < 1.29 is 13.9 Å². The summed E-state index contributed by atoms with van der Waals surface area (Å²) in [6.45, 7) is 3.86. The molecule has 144 valence electrons. The Kier molecular flexibility index (Phi) is 7.30. The zero-order valence-corrected chi connectivity index (χ0v) is 15.6. The smallest absolute Gasteiger partial charge is 0.223 e. The molecule has 3 rings (SSSR count). The van der Waals surface area contributed by atoms with E-state index in [1.165, 1.54) is 63.7 Å². The molecule has 2 atom stereocenters. The van der Waals surface area contributed by atoms with Gasteiger partial charge in [-0.15, -0.1) is 0 Å². The van der Waals surface area contributed by atoms with E-state index in [0.717, 1.165) is 13.0 Å². The van der Waals surface area contributed by atoms with E-state index in [-0.39, 0.29) is 11.7 Å². The van der Waals surface area contributed by atoms with Gasteiger partial charge in [0.1, 0.15) is 11.6 Å². The van der Waals surface area contributed by atoms with Crippen LogP contribution < -0.4 is 10.1 Å². The molecule has 4 nitrogen and oxygen atoms in total. The quantitative estimate of drug-likeness (QED) is 0.803. The molecule has 1 aliphatic carbocycles. The van der Waals surface area contributed by atoms with Crippen molar-refractivity contribution in [2.24, 2.45) is 5.92 Å². The first kappa shape index (κ1) is 19.2. The van der Waals surface area contributed by atoms with Crippen LogP contribution in [0.2, 0.25) is 0 Å². The Morgan fingerprint density at radius 2 is 1.81 bits per heavy atom. The first-order valence-electron chi connectivity index (χ1n) is 10.1. The number of nitrogens with one attached hydrogen (secondary N) is 1. The molecule has 1 N–H and O–H groups in total. The third-order valence-corrected chi connectivity index (χ3v) is 5.61. The second-order valence-electron chi connectivity index (χ2n) is 7.63. The summed E-state index contributed by atoms with van der Waals surface area (Å²) in [6.07, 6.45) is 9.09. The lowest BCUT2D eigenvalue weighted by atomic mass is 9.83. The van der Waals surface area contributed by atoms with Crippen molar-refractivity contribution in [3.8, 4) is 5.75 Å². The lowest BCUT2D eigenvalue weighted by Crippen LogP contribution is -2.47. The predicted octanol–water partition coefficient (Wildman–Crippen LogP) is 3.76. The molecule has 0 spiro atoms. The average Bonchev–Trinajstić information content (AvgIpc) is 2.66. The van der Waals surface area contributed by atoms with Crippen LogP contribution in [-0.2, 0) is 4.79 Å². The summed E-state index contributed by atoms with van der Waals surface area (Å²) in [5.74, 6) is 0.943. The van der Waals surface area contributed by atoms with E-state index in [4.69, 9.17) is 4.74 Å². The fourth-order valence-electron chi connectivity index (χ4n) is 4.16. The van der Waals surface area contributed by atoms with Crippen LogP contribution in [0.25, 0.3) is 0 Å². The Labute approximate surface area is 156 Å². The Balaban J connectivity index is 1.41. The molecule has 1 aromatic carbocycles. The molecule has 1 amide bonds. The monoisotopic (exact) mass is 362 g/mol. The van der Waals surface area contributed by atoms with Gasteiger partial charge in [0, 0.05) is 12.6 Å². The van der Waals surface area contributed by atoms with E-state index >= 15 is 0 Å². The van der Waals surface area contributed by atoms with Crippen LogP contribution in [-0.4, -0.2) is 43.1 Å². The molecule has 2 fully saturated rings. The summed E-state index contributed by atoms with van der Waals surface area (Å²) in [4.78, 5) is 14.9. The fourth-order valence-corrected chi connectivity index (χ4v) is 4.16. The highest BCUT2D eigenvalue weighted by Gasteiger charge is 2.28. The number of carbonyl (C=O) groups excluding carboxylic acids is 1. The normalized spacial score (nSPS) is 24.2. The number of piperidine rings is 1. The van der Waals surface area contributed by atoms with Crippen LogP contribution in [0.1, 0.15) is 51.4 Å². The summed E-state index contributed by atoms with van der Waals surface area (Å²) < 4.78 is 18.4. The topological polar surface area (TPSA) is 41.6 Å². The summed E-state index contributed by atoms with van der Waals surface area (Å²) in [5, 5.41) is 3.25. The van der Waals surface area contributed by atoms with E-state index in [1.807, 2.05) is 0 Å². The summed E-state index contributed by atoms with van der Waals surface area (Å²) >= 11 is 0. The molecule has 0 unspecified atom stereocenters. The van der Waals surface area contributed by atoms with Gasteiger partial charge in [-0.1, -0.05) is 19.3 Å². The molecule has 5 heteroatoms. The summed E-state index contributed by atoms with van der Waals surface area (Å²) in [7, 11) is 0. The molecule has 1 aliphatic heterocycles. The first-order valence-corrected chi connectivity index (χ1v) is 10.1. The lowest BCUT2D eigenvalue weighted by Gasteiger charge is -2.37. The number of likely N-dealkylation sites (tertiary alicyclic amines) is 1. The standard InChI is InChI=1S/C21H31FN2O2/c22-18-8-10-19(11-9-18)26-15-12-21(25)23-20-7-3-2-6-17(20)16-24-13-4-1-5-14-24/h8-11,17,20H,1-7,12-16H2,(H,23,25)/t17-,20+/m0/s1.